The van der Waals surface area contributed by atoms with Gasteiger partial charge in [0.1, 0.15) is 5.60 Å². The average molecular weight is 285 g/mol. The number of methoxy groups -OCH3 is 1. The molecule has 0 aromatic rings. The maximum atomic E-state index is 11.9. The fourth-order valence-corrected chi connectivity index (χ4v) is 3.65. The lowest BCUT2D eigenvalue weighted by Crippen LogP contribution is -2.50. The Labute approximate surface area is 116 Å². The number of hydrogen-bond donors (Lipinski definition) is 1. The van der Waals surface area contributed by atoms with E-state index in [1.165, 1.54) is 14.2 Å². The summed E-state index contributed by atoms with van der Waals surface area (Å²) in [5, 5.41) is 2.40. The van der Waals surface area contributed by atoms with Crippen LogP contribution in [0.5, 0.6) is 0 Å². The molecular weight excluding hydrogens is 266 g/mol. The zero-order valence-corrected chi connectivity index (χ0v) is 11.8. The Morgan fingerprint density at radius 2 is 2.15 bits per heavy atom. The van der Waals surface area contributed by atoms with Crippen LogP contribution in [0.1, 0.15) is 13.3 Å². The Balaban J connectivity index is 1.80. The van der Waals surface area contributed by atoms with Crippen molar-refractivity contribution in [3.05, 3.63) is 0 Å². The molecule has 1 aliphatic carbocycles. The highest BCUT2D eigenvalue weighted by Crippen LogP contribution is 2.61. The minimum atomic E-state index is -0.682. The van der Waals surface area contributed by atoms with Gasteiger partial charge in [0, 0.05) is 7.05 Å². The molecule has 2 aliphatic heterocycles. The van der Waals surface area contributed by atoms with E-state index in [0.29, 0.717) is 0 Å². The third kappa shape index (κ3) is 1.88. The van der Waals surface area contributed by atoms with E-state index in [1.807, 2.05) is 6.92 Å². The number of carbonyl (C=O) groups excluding carboxylic acids is 2. The molecule has 3 fully saturated rings. The summed E-state index contributed by atoms with van der Waals surface area (Å²) in [5.74, 6) is -0.664. The van der Waals surface area contributed by atoms with Crippen molar-refractivity contribution in [3.8, 4) is 0 Å². The molecule has 112 valence electrons. The summed E-state index contributed by atoms with van der Waals surface area (Å²) in [5.41, 5.74) is -0.365. The summed E-state index contributed by atoms with van der Waals surface area (Å²) in [6, 6.07) is 0. The normalized spacial score (nSPS) is 45.0. The molecular formula is C13H19NO6. The van der Waals surface area contributed by atoms with Crippen molar-refractivity contribution in [1.29, 1.82) is 0 Å². The zero-order chi connectivity index (χ0) is 14.5. The Kier molecular flexibility index (Phi) is 3.13. The maximum absolute atomic E-state index is 11.9. The quantitative estimate of drug-likeness (QED) is 0.579. The first-order chi connectivity index (χ1) is 9.51. The molecule has 7 nitrogen and oxygen atoms in total. The topological polar surface area (TPSA) is 86.4 Å². The predicted octanol–water partition coefficient (Wildman–Crippen LogP) is 0.282. The number of carbonyl (C=O) groups is 2. The van der Waals surface area contributed by atoms with E-state index in [-0.39, 0.29) is 42.0 Å². The summed E-state index contributed by atoms with van der Waals surface area (Å²) in [7, 11) is 2.87. The fraction of sp³-hybridized carbons (Fsp3) is 0.846. The van der Waals surface area contributed by atoms with Gasteiger partial charge in [0.25, 0.3) is 0 Å². The first kappa shape index (κ1) is 13.6. The summed E-state index contributed by atoms with van der Waals surface area (Å²) < 4.78 is 21.4. The van der Waals surface area contributed by atoms with Gasteiger partial charge in [-0.15, -0.1) is 0 Å². The minimum absolute atomic E-state index is 0.0645. The van der Waals surface area contributed by atoms with Gasteiger partial charge in [-0.3, -0.25) is 4.79 Å². The molecule has 0 aromatic heterocycles. The lowest BCUT2D eigenvalue weighted by atomic mass is 9.78. The molecule has 0 spiro atoms. The van der Waals surface area contributed by atoms with Gasteiger partial charge >= 0.3 is 12.1 Å². The van der Waals surface area contributed by atoms with E-state index in [2.05, 4.69) is 5.32 Å². The molecule has 2 heterocycles. The molecule has 0 bridgehead atoms. The van der Waals surface area contributed by atoms with Crippen molar-refractivity contribution in [3.63, 3.8) is 0 Å². The molecule has 2 saturated heterocycles. The van der Waals surface area contributed by atoms with Crippen LogP contribution < -0.4 is 5.32 Å². The Morgan fingerprint density at radius 3 is 2.80 bits per heavy atom. The predicted molar refractivity (Wildman–Crippen MR) is 65.7 cm³/mol. The number of ether oxygens (including phenoxy) is 4. The number of epoxide rings is 1. The first-order valence-corrected chi connectivity index (χ1v) is 6.77. The second kappa shape index (κ2) is 4.60. The van der Waals surface area contributed by atoms with E-state index >= 15 is 0 Å². The monoisotopic (exact) mass is 285 g/mol. The highest BCUT2D eigenvalue weighted by molar-refractivity contribution is 5.73. The molecule has 1 saturated carbocycles. The molecule has 3 rings (SSSR count). The molecule has 1 N–H and O–H groups in total. The lowest BCUT2D eigenvalue weighted by molar-refractivity contribution is -0.214. The van der Waals surface area contributed by atoms with Gasteiger partial charge in [-0.2, -0.15) is 0 Å². The fourth-order valence-electron chi connectivity index (χ4n) is 3.65. The first-order valence-electron chi connectivity index (χ1n) is 6.77. The molecule has 0 unspecified atom stereocenters. The van der Waals surface area contributed by atoms with Crippen molar-refractivity contribution >= 4 is 12.1 Å². The number of esters is 1. The Morgan fingerprint density at radius 1 is 1.40 bits per heavy atom. The van der Waals surface area contributed by atoms with Gasteiger partial charge in [0.15, 0.2) is 0 Å². The number of alkyl carbamates (subject to hydrolysis) is 1. The van der Waals surface area contributed by atoms with Gasteiger partial charge in [-0.05, 0) is 19.3 Å². The van der Waals surface area contributed by atoms with E-state index in [4.69, 9.17) is 18.9 Å². The number of rotatable bonds is 2. The van der Waals surface area contributed by atoms with Gasteiger partial charge in [0.05, 0.1) is 31.7 Å². The van der Waals surface area contributed by atoms with Crippen molar-refractivity contribution in [2.24, 2.45) is 17.8 Å². The van der Waals surface area contributed by atoms with Crippen LogP contribution in [-0.2, 0) is 23.7 Å². The smallest absolute Gasteiger partial charge is 0.409 e. The number of hydrogen-bond acceptors (Lipinski definition) is 6. The van der Waals surface area contributed by atoms with Crippen molar-refractivity contribution in [2.45, 2.75) is 31.3 Å². The molecule has 3 aliphatic rings. The number of nitrogens with one attached hydrogen (secondary N) is 1. The molecule has 20 heavy (non-hydrogen) atoms. The molecule has 1 amide bonds. The standard InChI is InChI=1S/C13H19NO6/c1-13-8(20-13)4-6-7(10(15)17-3)5-18-11(9(6)13)19-12(16)14-2/h6-9,11H,4-5H2,1-3H3,(H,14,16)/t6-,7-,8+,9+,11+,13+/m1/s1. The minimum Gasteiger partial charge on any atom is -0.469 e. The highest BCUT2D eigenvalue weighted by Gasteiger charge is 2.71. The molecule has 6 atom stereocenters. The third-order valence-electron chi connectivity index (χ3n) is 4.77. The van der Waals surface area contributed by atoms with Gasteiger partial charge < -0.3 is 24.3 Å². The van der Waals surface area contributed by atoms with Gasteiger partial charge in [0.2, 0.25) is 6.29 Å². The summed E-state index contributed by atoms with van der Waals surface area (Å²) in [6.07, 6.45) is -0.337. The highest BCUT2D eigenvalue weighted by atomic mass is 16.7. The lowest BCUT2D eigenvalue weighted by Gasteiger charge is -2.40. The van der Waals surface area contributed by atoms with Gasteiger partial charge in [-0.1, -0.05) is 0 Å². The van der Waals surface area contributed by atoms with E-state index in [0.717, 1.165) is 6.42 Å². The van der Waals surface area contributed by atoms with Crippen LogP contribution in [0, 0.1) is 17.8 Å². The van der Waals surface area contributed by atoms with Crippen LogP contribution in [0.25, 0.3) is 0 Å². The van der Waals surface area contributed by atoms with Crippen LogP contribution in [-0.4, -0.2) is 50.8 Å². The van der Waals surface area contributed by atoms with Crippen LogP contribution in [0.4, 0.5) is 4.79 Å². The van der Waals surface area contributed by atoms with E-state index < -0.39 is 12.4 Å². The van der Waals surface area contributed by atoms with Gasteiger partial charge in [-0.25, -0.2) is 4.79 Å². The van der Waals surface area contributed by atoms with E-state index in [9.17, 15) is 9.59 Å². The van der Waals surface area contributed by atoms with Crippen LogP contribution >= 0.6 is 0 Å². The largest absolute Gasteiger partial charge is 0.469 e. The number of fused-ring (bicyclic) bond motifs is 3. The zero-order valence-electron chi connectivity index (χ0n) is 11.8. The summed E-state index contributed by atoms with van der Waals surface area (Å²) in [6.45, 7) is 2.18. The van der Waals surface area contributed by atoms with Crippen LogP contribution in [0.3, 0.4) is 0 Å². The summed E-state index contributed by atoms with van der Waals surface area (Å²) >= 11 is 0. The molecule has 0 aromatic carbocycles. The van der Waals surface area contributed by atoms with Crippen molar-refractivity contribution < 1.29 is 28.5 Å². The second-order valence-electron chi connectivity index (χ2n) is 5.70. The van der Waals surface area contributed by atoms with Crippen LogP contribution in [0.15, 0.2) is 0 Å². The molecule has 0 radical (unpaired) electrons. The van der Waals surface area contributed by atoms with E-state index in [1.54, 1.807) is 0 Å². The number of amides is 1. The third-order valence-corrected chi connectivity index (χ3v) is 4.77. The second-order valence-corrected chi connectivity index (χ2v) is 5.70. The maximum Gasteiger partial charge on any atom is 0.409 e. The Bertz CT molecular complexity index is 441. The van der Waals surface area contributed by atoms with Crippen LogP contribution in [0.2, 0.25) is 0 Å². The molecule has 7 heteroatoms. The Hall–Kier alpha value is -1.34. The van der Waals surface area contributed by atoms with Crippen molar-refractivity contribution in [1.82, 2.24) is 5.32 Å². The summed E-state index contributed by atoms with van der Waals surface area (Å²) in [4.78, 5) is 23.3. The average Bonchev–Trinajstić information content (AvgIpc) is 3.00. The van der Waals surface area contributed by atoms with Crippen molar-refractivity contribution in [2.75, 3.05) is 20.8 Å². The SMILES string of the molecule is CNC(=O)O[C@@H]1OC[C@@H](C(=O)OC)[C@H]2C[C@@H]3O[C@]3(C)[C@H]12.